The number of hydrogen-bond donors (Lipinski definition) is 1. The van der Waals surface area contributed by atoms with E-state index in [1.807, 2.05) is 54.0 Å². The summed E-state index contributed by atoms with van der Waals surface area (Å²) in [7, 11) is 0. The molecular formula is C17H12ClIN4O. The van der Waals surface area contributed by atoms with Gasteiger partial charge in [-0.25, -0.2) is 4.99 Å². The lowest BCUT2D eigenvalue weighted by molar-refractivity contribution is 0.177. The number of aryl methyl sites for hydroxylation is 1. The Labute approximate surface area is 157 Å². The molecule has 0 radical (unpaired) electrons. The van der Waals surface area contributed by atoms with Crippen LogP contribution in [0.2, 0.25) is 5.02 Å². The van der Waals surface area contributed by atoms with E-state index >= 15 is 0 Å². The average Bonchev–Trinajstić information content (AvgIpc) is 2.89. The molecule has 1 aromatic heterocycles. The van der Waals surface area contributed by atoms with E-state index in [2.05, 4.69) is 37.8 Å². The molecule has 0 aliphatic carbocycles. The first-order valence-electron chi connectivity index (χ1n) is 7.29. The molecule has 0 saturated heterocycles. The molecule has 0 bridgehead atoms. The lowest BCUT2D eigenvalue weighted by Crippen LogP contribution is -2.09. The minimum atomic E-state index is -1.11. The van der Waals surface area contributed by atoms with Crippen molar-refractivity contribution in [2.45, 2.75) is 13.2 Å². The molecule has 7 heteroatoms. The van der Waals surface area contributed by atoms with Crippen molar-refractivity contribution in [2.75, 3.05) is 0 Å². The van der Waals surface area contributed by atoms with Crippen molar-refractivity contribution in [3.63, 3.8) is 0 Å². The van der Waals surface area contributed by atoms with Gasteiger partial charge < -0.3 is 5.11 Å². The van der Waals surface area contributed by atoms with E-state index in [4.69, 9.17) is 11.6 Å². The molecule has 1 atom stereocenters. The third-order valence-corrected chi connectivity index (χ3v) is 4.92. The summed E-state index contributed by atoms with van der Waals surface area (Å²) in [5.41, 5.74) is 3.18. The van der Waals surface area contributed by atoms with Gasteiger partial charge in [-0.3, -0.25) is 4.57 Å². The molecule has 0 amide bonds. The Morgan fingerprint density at radius 3 is 2.71 bits per heavy atom. The number of aliphatic imine (C=N–C) groups is 1. The first kappa shape index (κ1) is 15.7. The summed E-state index contributed by atoms with van der Waals surface area (Å²) in [6.45, 7) is 1.85. The molecule has 120 valence electrons. The van der Waals surface area contributed by atoms with Crippen LogP contribution < -0.4 is 0 Å². The van der Waals surface area contributed by atoms with E-state index in [1.54, 1.807) is 0 Å². The van der Waals surface area contributed by atoms with Crippen LogP contribution in [0.3, 0.4) is 0 Å². The molecule has 1 aliphatic heterocycles. The molecule has 5 nitrogen and oxygen atoms in total. The smallest absolute Gasteiger partial charge is 0.207 e. The molecule has 24 heavy (non-hydrogen) atoms. The van der Waals surface area contributed by atoms with Crippen LogP contribution in [0.25, 0.3) is 5.69 Å². The maximum atomic E-state index is 10.6. The molecule has 0 saturated carbocycles. The van der Waals surface area contributed by atoms with Gasteiger partial charge in [0, 0.05) is 19.7 Å². The van der Waals surface area contributed by atoms with Crippen LogP contribution in [-0.2, 0) is 0 Å². The molecule has 0 fully saturated rings. The van der Waals surface area contributed by atoms with Crippen LogP contribution in [0.4, 0.5) is 0 Å². The van der Waals surface area contributed by atoms with Crippen LogP contribution >= 0.6 is 34.2 Å². The van der Waals surface area contributed by atoms with Gasteiger partial charge in [0.15, 0.2) is 5.82 Å². The van der Waals surface area contributed by atoms with Gasteiger partial charge in [0.1, 0.15) is 5.82 Å². The monoisotopic (exact) mass is 450 g/mol. The van der Waals surface area contributed by atoms with E-state index < -0.39 is 6.23 Å². The van der Waals surface area contributed by atoms with Crippen LogP contribution in [-0.4, -0.2) is 25.6 Å². The number of aliphatic hydroxyl groups excluding tert-OH is 1. The van der Waals surface area contributed by atoms with Crippen molar-refractivity contribution in [1.82, 2.24) is 14.8 Å². The molecule has 1 unspecified atom stereocenters. The van der Waals surface area contributed by atoms with E-state index in [0.717, 1.165) is 20.4 Å². The van der Waals surface area contributed by atoms with Crippen molar-refractivity contribution in [3.05, 3.63) is 73.8 Å². The average molecular weight is 451 g/mol. The van der Waals surface area contributed by atoms with Crippen LogP contribution in [0, 0.1) is 10.5 Å². The number of benzene rings is 2. The minimum Gasteiger partial charge on any atom is -0.365 e. The Kier molecular flexibility index (Phi) is 3.90. The maximum absolute atomic E-state index is 10.6. The van der Waals surface area contributed by atoms with Crippen LogP contribution in [0.1, 0.15) is 29.0 Å². The third kappa shape index (κ3) is 2.45. The zero-order valence-corrected chi connectivity index (χ0v) is 15.5. The highest BCUT2D eigenvalue weighted by atomic mass is 127. The second kappa shape index (κ2) is 5.94. The first-order chi connectivity index (χ1) is 11.6. The summed E-state index contributed by atoms with van der Waals surface area (Å²) in [4.78, 5) is 4.51. The van der Waals surface area contributed by atoms with Gasteiger partial charge in [0.25, 0.3) is 0 Å². The van der Waals surface area contributed by atoms with Gasteiger partial charge in [-0.2, -0.15) is 0 Å². The number of aromatic nitrogens is 3. The molecule has 4 rings (SSSR count). The third-order valence-electron chi connectivity index (χ3n) is 3.92. The second-order valence-corrected chi connectivity index (χ2v) is 7.09. The lowest BCUT2D eigenvalue weighted by atomic mass is 10.0. The van der Waals surface area contributed by atoms with Crippen molar-refractivity contribution < 1.29 is 5.11 Å². The summed E-state index contributed by atoms with van der Waals surface area (Å²) in [6, 6.07) is 13.5. The normalized spacial score (nSPS) is 16.2. The highest BCUT2D eigenvalue weighted by Crippen LogP contribution is 2.32. The quantitative estimate of drug-likeness (QED) is 0.575. The van der Waals surface area contributed by atoms with Crippen LogP contribution in [0.15, 0.2) is 47.5 Å². The SMILES string of the molecule is Cc1nnc2n1-c1ccc(I)cc1C(c1ccccc1Cl)=NC2O. The van der Waals surface area contributed by atoms with Gasteiger partial charge in [0.2, 0.25) is 6.23 Å². The van der Waals surface area contributed by atoms with Gasteiger partial charge in [0.05, 0.1) is 11.4 Å². The summed E-state index contributed by atoms with van der Waals surface area (Å²) in [6.07, 6.45) is -1.11. The van der Waals surface area contributed by atoms with Crippen molar-refractivity contribution in [3.8, 4) is 5.69 Å². The Hall–Kier alpha value is -1.77. The predicted octanol–water partition coefficient (Wildman–Crippen LogP) is 3.68. The number of halogens is 2. The predicted molar refractivity (Wildman–Crippen MR) is 101 cm³/mol. The van der Waals surface area contributed by atoms with Gasteiger partial charge in [-0.15, -0.1) is 10.2 Å². The van der Waals surface area contributed by atoms with Gasteiger partial charge in [-0.1, -0.05) is 29.8 Å². The number of aliphatic hydroxyl groups is 1. The summed E-state index contributed by atoms with van der Waals surface area (Å²) >= 11 is 8.64. The van der Waals surface area contributed by atoms with E-state index in [0.29, 0.717) is 22.4 Å². The molecular weight excluding hydrogens is 439 g/mol. The highest BCUT2D eigenvalue weighted by Gasteiger charge is 2.27. The minimum absolute atomic E-state index is 0.400. The van der Waals surface area contributed by atoms with E-state index in [1.165, 1.54) is 0 Å². The number of fused-ring (bicyclic) bond motifs is 3. The standard InChI is InChI=1S/C17H12ClIN4O/c1-9-21-22-16-17(24)20-15(11-4-2-3-5-13(11)18)12-8-10(19)6-7-14(12)23(9)16/h2-8,17,24H,1H3. The highest BCUT2D eigenvalue weighted by molar-refractivity contribution is 14.1. The molecule has 2 aromatic carbocycles. The topological polar surface area (TPSA) is 63.3 Å². The fourth-order valence-electron chi connectivity index (χ4n) is 2.85. The Bertz CT molecular complexity index is 982. The fraction of sp³-hybridized carbons (Fsp3) is 0.118. The molecule has 0 spiro atoms. The Morgan fingerprint density at radius 2 is 1.92 bits per heavy atom. The molecule has 1 N–H and O–H groups in total. The zero-order chi connectivity index (χ0) is 16.8. The fourth-order valence-corrected chi connectivity index (χ4v) is 3.57. The van der Waals surface area contributed by atoms with Crippen LogP contribution in [0.5, 0.6) is 0 Å². The number of rotatable bonds is 1. The van der Waals surface area contributed by atoms with Gasteiger partial charge >= 0.3 is 0 Å². The maximum Gasteiger partial charge on any atom is 0.207 e. The Morgan fingerprint density at radius 1 is 1.12 bits per heavy atom. The van der Waals surface area contributed by atoms with Crippen molar-refractivity contribution in [2.24, 2.45) is 4.99 Å². The summed E-state index contributed by atoms with van der Waals surface area (Å²) < 4.78 is 2.90. The lowest BCUT2D eigenvalue weighted by Gasteiger charge is -2.13. The Balaban J connectivity index is 2.07. The largest absolute Gasteiger partial charge is 0.365 e. The van der Waals surface area contributed by atoms with Crippen molar-refractivity contribution in [1.29, 1.82) is 0 Å². The number of nitrogens with zero attached hydrogens (tertiary/aromatic N) is 4. The summed E-state index contributed by atoms with van der Waals surface area (Å²) in [5, 5.41) is 19.3. The first-order valence-corrected chi connectivity index (χ1v) is 8.75. The zero-order valence-electron chi connectivity index (χ0n) is 12.6. The van der Waals surface area contributed by atoms with Crippen molar-refractivity contribution >= 4 is 39.9 Å². The molecule has 3 aromatic rings. The second-order valence-electron chi connectivity index (χ2n) is 5.43. The van der Waals surface area contributed by atoms with E-state index in [-0.39, 0.29) is 0 Å². The molecule has 1 aliphatic rings. The van der Waals surface area contributed by atoms with Gasteiger partial charge in [-0.05, 0) is 53.8 Å². The number of hydrogen-bond acceptors (Lipinski definition) is 4. The summed E-state index contributed by atoms with van der Waals surface area (Å²) in [5.74, 6) is 1.10. The van der Waals surface area contributed by atoms with E-state index in [9.17, 15) is 5.11 Å². The molecule has 2 heterocycles.